The van der Waals surface area contributed by atoms with Crippen LogP contribution in [-0.4, -0.2) is 63.3 Å². The van der Waals surface area contributed by atoms with Crippen molar-refractivity contribution in [1.29, 1.82) is 0 Å². The van der Waals surface area contributed by atoms with E-state index in [0.717, 1.165) is 0 Å². The van der Waals surface area contributed by atoms with Gasteiger partial charge in [0.05, 0.1) is 53.2 Å². The van der Waals surface area contributed by atoms with Crippen molar-refractivity contribution >= 4 is 11.7 Å². The van der Waals surface area contributed by atoms with E-state index >= 15 is 0 Å². The summed E-state index contributed by atoms with van der Waals surface area (Å²) >= 11 is 0. The average molecular weight is 443 g/mol. The number of Topliss-reactive ketones (excluding diaryl/α,β-unsaturated/α-hetero) is 1. The predicted octanol–water partition coefficient (Wildman–Crippen LogP) is 2.71. The zero-order chi connectivity index (χ0) is 23.2. The van der Waals surface area contributed by atoms with Crippen LogP contribution in [0, 0.1) is 0 Å². The lowest BCUT2D eigenvalue weighted by Gasteiger charge is -2.39. The molecule has 1 amide bonds. The van der Waals surface area contributed by atoms with Crippen LogP contribution < -0.4 is 23.7 Å². The maximum absolute atomic E-state index is 13.3. The molecule has 170 valence electrons. The highest BCUT2D eigenvalue weighted by Crippen LogP contribution is 2.52. The average Bonchev–Trinajstić information content (AvgIpc) is 3.19. The molecule has 0 aliphatic carbocycles. The van der Waals surface area contributed by atoms with Gasteiger partial charge in [-0.3, -0.25) is 9.59 Å². The summed E-state index contributed by atoms with van der Waals surface area (Å²) in [5.74, 6) is 0.769. The second-order valence-corrected chi connectivity index (χ2v) is 7.51. The van der Waals surface area contributed by atoms with E-state index in [0.29, 0.717) is 34.8 Å². The predicted molar refractivity (Wildman–Crippen MR) is 113 cm³/mol. The van der Waals surface area contributed by atoms with E-state index in [9.17, 15) is 14.7 Å². The third-order valence-electron chi connectivity index (χ3n) is 6.05. The molecule has 0 radical (unpaired) electrons. The van der Waals surface area contributed by atoms with Crippen molar-refractivity contribution in [1.82, 2.24) is 4.90 Å². The Morgan fingerprint density at radius 1 is 0.844 bits per heavy atom. The number of nitrogens with zero attached hydrogens (tertiary/aromatic N) is 1. The first-order chi connectivity index (χ1) is 15.4. The smallest absolute Gasteiger partial charge is 0.224 e. The van der Waals surface area contributed by atoms with Gasteiger partial charge >= 0.3 is 0 Å². The molecule has 1 N–H and O–H groups in total. The molecule has 0 bridgehead atoms. The van der Waals surface area contributed by atoms with Gasteiger partial charge in [0.1, 0.15) is 0 Å². The number of carbonyl (C=O) groups excluding carboxylic acids is 2. The van der Waals surface area contributed by atoms with Crippen molar-refractivity contribution < 1.29 is 38.4 Å². The minimum absolute atomic E-state index is 0.0704. The summed E-state index contributed by atoms with van der Waals surface area (Å²) in [4.78, 5) is 27.8. The highest BCUT2D eigenvalue weighted by atomic mass is 16.5. The molecule has 4 rings (SSSR count). The molecule has 0 saturated carbocycles. The zero-order valence-corrected chi connectivity index (χ0v) is 18.6. The van der Waals surface area contributed by atoms with Crippen molar-refractivity contribution in [2.45, 2.75) is 24.9 Å². The molecule has 2 aliphatic rings. The van der Waals surface area contributed by atoms with Crippen LogP contribution in [0.3, 0.4) is 0 Å². The second-order valence-electron chi connectivity index (χ2n) is 7.51. The number of methoxy groups -OCH3 is 5. The Morgan fingerprint density at radius 2 is 1.41 bits per heavy atom. The summed E-state index contributed by atoms with van der Waals surface area (Å²) in [5.41, 5.74) is 1.20. The molecule has 9 nitrogen and oxygen atoms in total. The maximum atomic E-state index is 13.3. The fourth-order valence-corrected chi connectivity index (χ4v) is 4.67. The van der Waals surface area contributed by atoms with Crippen molar-refractivity contribution in [2.75, 3.05) is 35.5 Å². The molecule has 0 unspecified atom stereocenters. The Kier molecular flexibility index (Phi) is 5.50. The number of carbonyl (C=O) groups is 2. The summed E-state index contributed by atoms with van der Waals surface area (Å²) in [7, 11) is 7.33. The molecule has 1 saturated heterocycles. The van der Waals surface area contributed by atoms with Gasteiger partial charge in [0.2, 0.25) is 17.4 Å². The molecule has 0 spiro atoms. The number of benzene rings is 2. The van der Waals surface area contributed by atoms with Crippen LogP contribution in [0.2, 0.25) is 0 Å². The van der Waals surface area contributed by atoms with Crippen molar-refractivity contribution in [2.24, 2.45) is 0 Å². The Balaban J connectivity index is 2.04. The Hall–Kier alpha value is -3.62. The molecule has 0 aromatic heterocycles. The monoisotopic (exact) mass is 443 g/mol. The van der Waals surface area contributed by atoms with Crippen LogP contribution in [0.4, 0.5) is 0 Å². The van der Waals surface area contributed by atoms with E-state index in [-0.39, 0.29) is 40.9 Å². The van der Waals surface area contributed by atoms with E-state index in [1.54, 1.807) is 23.1 Å². The van der Waals surface area contributed by atoms with Gasteiger partial charge in [-0.25, -0.2) is 0 Å². The largest absolute Gasteiger partial charge is 0.504 e. The first-order valence-electron chi connectivity index (χ1n) is 10.0. The van der Waals surface area contributed by atoms with Gasteiger partial charge in [-0.05, 0) is 35.7 Å². The molecular weight excluding hydrogens is 418 g/mol. The Morgan fingerprint density at radius 3 is 1.94 bits per heavy atom. The summed E-state index contributed by atoms with van der Waals surface area (Å²) in [6.45, 7) is 0. The SMILES string of the molecule is COc1cc([C@@H]2c3cc(OC)c(OC)c(O)c3C(=O)[C@H]3CCC(=O)N23)cc(OC)c1OC. The molecule has 1 fully saturated rings. The third kappa shape index (κ3) is 2.99. The van der Waals surface area contributed by atoms with Gasteiger partial charge in [0.25, 0.3) is 0 Å². The number of ketones is 1. The molecule has 2 aromatic rings. The van der Waals surface area contributed by atoms with Gasteiger partial charge in [-0.15, -0.1) is 0 Å². The number of amides is 1. The number of fused-ring (bicyclic) bond motifs is 2. The lowest BCUT2D eigenvalue weighted by molar-refractivity contribution is -0.130. The van der Waals surface area contributed by atoms with Gasteiger partial charge in [-0.1, -0.05) is 0 Å². The lowest BCUT2D eigenvalue weighted by atomic mass is 9.83. The van der Waals surface area contributed by atoms with Gasteiger partial charge in [0, 0.05) is 6.42 Å². The number of phenols is 1. The van der Waals surface area contributed by atoms with E-state index in [4.69, 9.17) is 23.7 Å². The normalized spacial score (nSPS) is 19.3. The fourth-order valence-electron chi connectivity index (χ4n) is 4.67. The number of hydrogen-bond donors (Lipinski definition) is 1. The van der Waals surface area contributed by atoms with Crippen LogP contribution in [0.1, 0.15) is 40.4 Å². The van der Waals surface area contributed by atoms with Crippen LogP contribution >= 0.6 is 0 Å². The lowest BCUT2D eigenvalue weighted by Crippen LogP contribution is -2.46. The van der Waals surface area contributed by atoms with Crippen molar-refractivity contribution in [3.63, 3.8) is 0 Å². The standard InChI is InChI=1S/C23H25NO8/c1-28-14-8-11(9-15(29-2)22(14)31-4)19-12-10-16(30-3)23(32-5)21(27)18(12)20(26)13-6-7-17(25)24(13)19/h8-10,13,19,27H,6-7H2,1-5H3/t13-,19-/m1/s1. The second kappa shape index (κ2) is 8.14. The number of phenolic OH excluding ortho intramolecular Hbond substituents is 1. The van der Waals surface area contributed by atoms with E-state index < -0.39 is 12.1 Å². The van der Waals surface area contributed by atoms with Gasteiger partial charge in [0.15, 0.2) is 28.8 Å². The molecule has 2 aromatic carbocycles. The zero-order valence-electron chi connectivity index (χ0n) is 18.6. The highest BCUT2D eigenvalue weighted by molar-refractivity contribution is 6.09. The number of rotatable bonds is 6. The van der Waals surface area contributed by atoms with Crippen LogP contribution in [0.5, 0.6) is 34.5 Å². The van der Waals surface area contributed by atoms with E-state index in [1.807, 2.05) is 0 Å². The summed E-state index contributed by atoms with van der Waals surface area (Å²) in [5, 5.41) is 11.0. The van der Waals surface area contributed by atoms with Crippen molar-refractivity contribution in [3.8, 4) is 34.5 Å². The summed E-state index contributed by atoms with van der Waals surface area (Å²) < 4.78 is 27.1. The first-order valence-corrected chi connectivity index (χ1v) is 10.0. The molecule has 2 atom stereocenters. The third-order valence-corrected chi connectivity index (χ3v) is 6.05. The molecule has 2 heterocycles. The highest BCUT2D eigenvalue weighted by Gasteiger charge is 2.49. The topological polar surface area (TPSA) is 104 Å². The Bertz CT molecular complexity index is 1070. The first kappa shape index (κ1) is 21.6. The van der Waals surface area contributed by atoms with Crippen LogP contribution in [-0.2, 0) is 4.79 Å². The number of ether oxygens (including phenoxy) is 5. The van der Waals surface area contributed by atoms with Crippen LogP contribution in [0.15, 0.2) is 18.2 Å². The van der Waals surface area contributed by atoms with E-state index in [2.05, 4.69) is 0 Å². The minimum atomic E-state index is -0.692. The minimum Gasteiger partial charge on any atom is -0.504 e. The summed E-state index contributed by atoms with van der Waals surface area (Å²) in [6, 6.07) is 3.73. The van der Waals surface area contributed by atoms with Crippen molar-refractivity contribution in [3.05, 3.63) is 34.9 Å². The van der Waals surface area contributed by atoms with Crippen LogP contribution in [0.25, 0.3) is 0 Å². The molecule has 32 heavy (non-hydrogen) atoms. The number of aromatic hydroxyl groups is 1. The quantitative estimate of drug-likeness (QED) is 0.727. The molecular formula is C23H25NO8. The number of hydrogen-bond acceptors (Lipinski definition) is 8. The van der Waals surface area contributed by atoms with Gasteiger partial charge in [-0.2, -0.15) is 0 Å². The molecule has 2 aliphatic heterocycles. The van der Waals surface area contributed by atoms with Gasteiger partial charge < -0.3 is 33.7 Å². The fraction of sp³-hybridized carbons (Fsp3) is 0.391. The van der Waals surface area contributed by atoms with E-state index in [1.165, 1.54) is 35.5 Å². The Labute approximate surface area is 185 Å². The molecule has 9 heteroatoms. The maximum Gasteiger partial charge on any atom is 0.224 e. The summed E-state index contributed by atoms with van der Waals surface area (Å²) in [6.07, 6.45) is 0.603.